The third-order valence-electron chi connectivity index (χ3n) is 4.95. The maximum Gasteiger partial charge on any atom is 0.311 e. The number of hydrogen-bond donors (Lipinski definition) is 1. The van der Waals surface area contributed by atoms with Crippen molar-refractivity contribution >= 4 is 23.5 Å². The summed E-state index contributed by atoms with van der Waals surface area (Å²) in [6.45, 7) is 5.48. The van der Waals surface area contributed by atoms with Crippen LogP contribution in [0.25, 0.3) is 0 Å². The number of rotatable bonds is 8. The normalized spacial score (nSPS) is 16.2. The van der Waals surface area contributed by atoms with Gasteiger partial charge in [0.1, 0.15) is 0 Å². The Morgan fingerprint density at radius 3 is 2.86 bits per heavy atom. The first kappa shape index (κ1) is 21.3. The third-order valence-corrected chi connectivity index (χ3v) is 5.82. The number of nitrogens with zero attached hydrogens (tertiary/aromatic N) is 2. The van der Waals surface area contributed by atoms with Crippen LogP contribution in [0, 0.1) is 13.8 Å². The van der Waals surface area contributed by atoms with Crippen molar-refractivity contribution in [2.75, 3.05) is 19.5 Å². The quantitative estimate of drug-likeness (QED) is 0.302. The number of carbonyl (C=O) groups is 2. The Morgan fingerprint density at radius 2 is 2.17 bits per heavy atom. The van der Waals surface area contributed by atoms with Gasteiger partial charge >= 0.3 is 5.97 Å². The summed E-state index contributed by atoms with van der Waals surface area (Å²) in [6, 6.07) is 3.15. The van der Waals surface area contributed by atoms with E-state index in [4.69, 9.17) is 4.74 Å². The zero-order valence-electron chi connectivity index (χ0n) is 16.8. The predicted octanol–water partition coefficient (Wildman–Crippen LogP) is 2.06. The van der Waals surface area contributed by atoms with Crippen molar-refractivity contribution in [3.8, 4) is 0 Å². The minimum absolute atomic E-state index is 0.0392. The van der Waals surface area contributed by atoms with E-state index < -0.39 is 5.97 Å². The molecule has 0 aliphatic carbocycles. The maximum absolute atomic E-state index is 12.8. The number of H-pyrrole nitrogens is 1. The number of methoxy groups -OCH3 is 1. The summed E-state index contributed by atoms with van der Waals surface area (Å²) in [5, 5.41) is 0.304. The number of aromatic amines is 1. The van der Waals surface area contributed by atoms with E-state index in [1.165, 1.54) is 13.2 Å². The maximum atomic E-state index is 12.8. The van der Waals surface area contributed by atoms with Crippen LogP contribution in [0.3, 0.4) is 0 Å². The van der Waals surface area contributed by atoms with Crippen LogP contribution in [0.5, 0.6) is 0 Å². The first-order chi connectivity index (χ1) is 13.9. The molecule has 0 radical (unpaired) electrons. The minimum atomic E-state index is -0.478. The summed E-state index contributed by atoms with van der Waals surface area (Å²) in [4.78, 5) is 42.8. The third kappa shape index (κ3) is 5.36. The number of thioether (sulfide) groups is 1. The molecule has 8 nitrogen and oxygen atoms in total. The molecule has 0 bridgehead atoms. The second kappa shape index (κ2) is 9.41. The average Bonchev–Trinajstić information content (AvgIpc) is 3.29. The number of ether oxygens (including phenoxy) is 2. The molecule has 1 atom stereocenters. The lowest BCUT2D eigenvalue weighted by Gasteiger charge is -2.14. The van der Waals surface area contributed by atoms with Crippen molar-refractivity contribution in [3.63, 3.8) is 0 Å². The molecule has 1 aliphatic rings. The highest BCUT2D eigenvalue weighted by Gasteiger charge is 2.21. The summed E-state index contributed by atoms with van der Waals surface area (Å²) < 4.78 is 12.4. The first-order valence-corrected chi connectivity index (χ1v) is 10.5. The van der Waals surface area contributed by atoms with Crippen molar-refractivity contribution in [2.24, 2.45) is 0 Å². The van der Waals surface area contributed by atoms with Gasteiger partial charge in [-0.05, 0) is 32.8 Å². The van der Waals surface area contributed by atoms with Gasteiger partial charge in [-0.1, -0.05) is 11.8 Å². The topological polar surface area (TPSA) is 103 Å². The van der Waals surface area contributed by atoms with Crippen molar-refractivity contribution < 1.29 is 19.1 Å². The fraction of sp³-hybridized carbons (Fsp3) is 0.500. The number of Topliss-reactive ketones (excluding diaryl/α,β-unsaturated/α-hetero) is 1. The number of aryl methyl sites for hydroxylation is 1. The van der Waals surface area contributed by atoms with Crippen molar-refractivity contribution in [3.05, 3.63) is 45.1 Å². The molecule has 0 aromatic carbocycles. The molecule has 0 spiro atoms. The van der Waals surface area contributed by atoms with Crippen LogP contribution in [-0.2, 0) is 27.2 Å². The van der Waals surface area contributed by atoms with Crippen LogP contribution < -0.4 is 5.56 Å². The van der Waals surface area contributed by atoms with Gasteiger partial charge in [-0.15, -0.1) is 0 Å². The Balaban J connectivity index is 1.68. The molecule has 1 aliphatic heterocycles. The first-order valence-electron chi connectivity index (χ1n) is 9.48. The van der Waals surface area contributed by atoms with Gasteiger partial charge in [0.25, 0.3) is 5.56 Å². The van der Waals surface area contributed by atoms with E-state index in [1.807, 2.05) is 19.9 Å². The number of hydrogen-bond acceptors (Lipinski definition) is 7. The summed E-state index contributed by atoms with van der Waals surface area (Å²) in [5.41, 5.74) is 2.55. The predicted molar refractivity (Wildman–Crippen MR) is 109 cm³/mol. The molecule has 0 saturated carbocycles. The molecule has 3 rings (SSSR count). The molecule has 1 fully saturated rings. The van der Waals surface area contributed by atoms with Gasteiger partial charge in [0.15, 0.2) is 10.9 Å². The Morgan fingerprint density at radius 1 is 1.38 bits per heavy atom. The highest BCUT2D eigenvalue weighted by atomic mass is 32.2. The van der Waals surface area contributed by atoms with Gasteiger partial charge in [0.05, 0.1) is 31.1 Å². The monoisotopic (exact) mass is 419 g/mol. The molecule has 2 aromatic rings. The van der Waals surface area contributed by atoms with Gasteiger partial charge in [0, 0.05) is 36.2 Å². The van der Waals surface area contributed by atoms with E-state index >= 15 is 0 Å². The Kier molecular flexibility index (Phi) is 6.92. The summed E-state index contributed by atoms with van der Waals surface area (Å²) in [5.74, 6) is -0.383. The van der Waals surface area contributed by atoms with Gasteiger partial charge < -0.3 is 19.0 Å². The lowest BCUT2D eigenvalue weighted by molar-refractivity contribution is -0.139. The van der Waals surface area contributed by atoms with Crippen molar-refractivity contribution in [1.82, 2.24) is 14.5 Å². The molecule has 1 saturated heterocycles. The molecular formula is C20H25N3O5S. The second-order valence-corrected chi connectivity index (χ2v) is 8.00. The minimum Gasteiger partial charge on any atom is -0.469 e. The molecule has 9 heteroatoms. The van der Waals surface area contributed by atoms with Crippen LogP contribution in [0.15, 0.2) is 22.1 Å². The molecule has 1 N–H and O–H groups in total. The van der Waals surface area contributed by atoms with Crippen LogP contribution in [0.1, 0.15) is 40.3 Å². The van der Waals surface area contributed by atoms with E-state index in [0.717, 1.165) is 49.1 Å². The largest absolute Gasteiger partial charge is 0.469 e. The molecule has 0 unspecified atom stereocenters. The Bertz CT molecular complexity index is 960. The molecule has 0 amide bonds. The number of carbonyl (C=O) groups excluding carboxylic acids is 2. The number of ketones is 1. The summed E-state index contributed by atoms with van der Waals surface area (Å²) >= 11 is 1.14. The number of esters is 1. The summed E-state index contributed by atoms with van der Waals surface area (Å²) in [6.07, 6.45) is 2.22. The smallest absolute Gasteiger partial charge is 0.311 e. The highest BCUT2D eigenvalue weighted by molar-refractivity contribution is 7.99. The fourth-order valence-electron chi connectivity index (χ4n) is 3.43. The Labute approximate surface area is 173 Å². The van der Waals surface area contributed by atoms with Crippen LogP contribution in [0.4, 0.5) is 0 Å². The number of aromatic nitrogens is 3. The van der Waals surface area contributed by atoms with E-state index in [1.54, 1.807) is 0 Å². The van der Waals surface area contributed by atoms with Crippen molar-refractivity contribution in [2.45, 2.75) is 50.9 Å². The lowest BCUT2D eigenvalue weighted by atomic mass is 10.2. The van der Waals surface area contributed by atoms with Crippen LogP contribution in [0.2, 0.25) is 0 Å². The number of nitrogens with one attached hydrogen (secondary N) is 1. The van der Waals surface area contributed by atoms with E-state index in [0.29, 0.717) is 16.4 Å². The van der Waals surface area contributed by atoms with Gasteiger partial charge in [-0.3, -0.25) is 14.4 Å². The molecule has 156 valence electrons. The lowest BCUT2D eigenvalue weighted by Crippen LogP contribution is -2.17. The average molecular weight is 420 g/mol. The Hall–Kier alpha value is -2.39. The van der Waals surface area contributed by atoms with E-state index in [2.05, 4.69) is 19.3 Å². The highest BCUT2D eigenvalue weighted by Crippen LogP contribution is 2.22. The standard InChI is InChI=1S/C20H25N3O5S/c1-12-7-16(13(2)23(12)10-15-5-4-6-28-15)17(24)11-29-20-21-14(8-18(25)22-20)9-19(26)27-3/h7-8,15H,4-6,9-11H2,1-3H3,(H,21,22,25)/t15-/m1/s1. The van der Waals surface area contributed by atoms with Crippen molar-refractivity contribution in [1.29, 1.82) is 0 Å². The second-order valence-electron chi connectivity index (χ2n) is 7.04. The fourth-order valence-corrected chi connectivity index (χ4v) is 4.21. The van der Waals surface area contributed by atoms with Crippen LogP contribution >= 0.6 is 11.8 Å². The zero-order chi connectivity index (χ0) is 21.0. The van der Waals surface area contributed by atoms with Gasteiger partial charge in [-0.2, -0.15) is 0 Å². The van der Waals surface area contributed by atoms with Gasteiger partial charge in [0.2, 0.25) is 0 Å². The SMILES string of the molecule is COC(=O)Cc1cc(=O)[nH]c(SCC(=O)c2cc(C)n(C[C@H]3CCCO3)c2C)n1. The molecule has 3 heterocycles. The van der Waals surface area contributed by atoms with E-state index in [9.17, 15) is 14.4 Å². The van der Waals surface area contributed by atoms with Gasteiger partial charge in [-0.25, -0.2) is 4.98 Å². The molecule has 2 aromatic heterocycles. The van der Waals surface area contributed by atoms with E-state index in [-0.39, 0.29) is 29.6 Å². The summed E-state index contributed by atoms with van der Waals surface area (Å²) in [7, 11) is 1.28. The zero-order valence-corrected chi connectivity index (χ0v) is 17.6. The molecule has 29 heavy (non-hydrogen) atoms. The van der Waals surface area contributed by atoms with Crippen LogP contribution in [-0.4, -0.2) is 51.9 Å². The molecular weight excluding hydrogens is 394 g/mol.